The number of aromatic nitrogens is 1. The lowest BCUT2D eigenvalue weighted by Gasteiger charge is -2.07. The van der Waals surface area contributed by atoms with Gasteiger partial charge in [0.25, 0.3) is 0 Å². The summed E-state index contributed by atoms with van der Waals surface area (Å²) in [6, 6.07) is 2.60. The highest BCUT2D eigenvalue weighted by Crippen LogP contribution is 2.16. The average Bonchev–Trinajstić information content (AvgIpc) is 2.15. The highest BCUT2D eigenvalue weighted by Gasteiger charge is 2.12. The average molecular weight is 280 g/mol. The molecule has 0 bridgehead atoms. The minimum absolute atomic E-state index is 0.00801. The number of sulfonamides is 1. The fourth-order valence-corrected chi connectivity index (χ4v) is 1.59. The number of carbonyl (C=O) groups is 1. The van der Waals surface area contributed by atoms with Crippen LogP contribution in [0.4, 0.5) is 5.82 Å². The number of nitrogens with one attached hydrogen (secondary N) is 1. The number of nitrogens with zero attached hydrogens (tertiary/aromatic N) is 1. The first-order valence-electron chi connectivity index (χ1n) is 4.44. The van der Waals surface area contributed by atoms with Gasteiger partial charge in [0.1, 0.15) is 16.5 Å². The number of carboxylic acid groups (broad SMARTS) is 1. The molecule has 7 nitrogen and oxygen atoms in total. The SMILES string of the molecule is NS(=O)(=O)CCNc1nc(Cl)ccc1C(=O)O. The van der Waals surface area contributed by atoms with Gasteiger partial charge < -0.3 is 10.4 Å². The Morgan fingerprint density at radius 2 is 2.18 bits per heavy atom. The van der Waals surface area contributed by atoms with Gasteiger partial charge in [0.05, 0.1) is 5.75 Å². The molecule has 0 radical (unpaired) electrons. The van der Waals surface area contributed by atoms with E-state index < -0.39 is 16.0 Å². The van der Waals surface area contributed by atoms with Gasteiger partial charge in [-0.2, -0.15) is 0 Å². The van der Waals surface area contributed by atoms with Crippen molar-refractivity contribution in [2.45, 2.75) is 0 Å². The molecule has 0 aromatic carbocycles. The van der Waals surface area contributed by atoms with Crippen LogP contribution in [0.3, 0.4) is 0 Å². The van der Waals surface area contributed by atoms with E-state index >= 15 is 0 Å². The first-order chi connectivity index (χ1) is 7.79. The monoisotopic (exact) mass is 279 g/mol. The van der Waals surface area contributed by atoms with Crippen LogP contribution in [-0.2, 0) is 10.0 Å². The maximum atomic E-state index is 10.8. The number of primary sulfonamides is 1. The predicted molar refractivity (Wildman–Crippen MR) is 62.7 cm³/mol. The molecule has 1 heterocycles. The van der Waals surface area contributed by atoms with Gasteiger partial charge in [0.15, 0.2) is 0 Å². The van der Waals surface area contributed by atoms with Crippen LogP contribution in [0, 0.1) is 0 Å². The molecular weight excluding hydrogens is 270 g/mol. The maximum absolute atomic E-state index is 10.8. The molecule has 0 spiro atoms. The number of pyridine rings is 1. The van der Waals surface area contributed by atoms with Gasteiger partial charge >= 0.3 is 5.97 Å². The summed E-state index contributed by atoms with van der Waals surface area (Å²) >= 11 is 5.60. The molecular formula is C8H10ClN3O4S. The zero-order valence-corrected chi connectivity index (χ0v) is 10.1. The molecule has 0 saturated carbocycles. The minimum atomic E-state index is -3.61. The number of halogens is 1. The molecule has 1 aromatic rings. The molecule has 0 aliphatic carbocycles. The van der Waals surface area contributed by atoms with Crippen LogP contribution in [0.15, 0.2) is 12.1 Å². The molecule has 0 saturated heterocycles. The van der Waals surface area contributed by atoms with E-state index in [4.69, 9.17) is 21.8 Å². The zero-order valence-electron chi connectivity index (χ0n) is 8.55. The number of nitrogens with two attached hydrogens (primary N) is 1. The third kappa shape index (κ3) is 4.55. The van der Waals surface area contributed by atoms with Crippen molar-refractivity contribution in [2.24, 2.45) is 5.14 Å². The Hall–Kier alpha value is -1.38. The smallest absolute Gasteiger partial charge is 0.339 e. The Morgan fingerprint density at radius 1 is 1.53 bits per heavy atom. The number of hydrogen-bond donors (Lipinski definition) is 3. The van der Waals surface area contributed by atoms with Crippen LogP contribution >= 0.6 is 11.6 Å². The lowest BCUT2D eigenvalue weighted by atomic mass is 10.2. The van der Waals surface area contributed by atoms with E-state index in [1.54, 1.807) is 0 Å². The third-order valence-electron chi connectivity index (χ3n) is 1.77. The van der Waals surface area contributed by atoms with Gasteiger partial charge in [-0.25, -0.2) is 23.3 Å². The number of carboxylic acids is 1. The Balaban J connectivity index is 2.82. The standard InChI is InChI=1S/C8H10ClN3O4S/c9-6-2-1-5(8(13)14)7(12-6)11-3-4-17(10,15)16/h1-2H,3-4H2,(H,11,12)(H,13,14)(H2,10,15,16). The molecule has 0 aliphatic rings. The number of aromatic carboxylic acids is 1. The van der Waals surface area contributed by atoms with Crippen LogP contribution in [0.25, 0.3) is 0 Å². The van der Waals surface area contributed by atoms with Gasteiger partial charge in [-0.15, -0.1) is 0 Å². The summed E-state index contributed by atoms with van der Waals surface area (Å²) in [4.78, 5) is 14.6. The molecule has 94 valence electrons. The Morgan fingerprint density at radius 3 is 2.71 bits per heavy atom. The second-order valence-electron chi connectivity index (χ2n) is 3.13. The second kappa shape index (κ2) is 5.30. The largest absolute Gasteiger partial charge is 0.478 e. The van der Waals surface area contributed by atoms with Crippen molar-refractivity contribution in [1.82, 2.24) is 4.98 Å². The van der Waals surface area contributed by atoms with E-state index in [-0.39, 0.29) is 28.8 Å². The molecule has 0 atom stereocenters. The fourth-order valence-electron chi connectivity index (χ4n) is 1.05. The second-order valence-corrected chi connectivity index (χ2v) is 5.25. The molecule has 9 heteroatoms. The number of anilines is 1. The van der Waals surface area contributed by atoms with Crippen molar-refractivity contribution in [3.05, 3.63) is 22.8 Å². The minimum Gasteiger partial charge on any atom is -0.478 e. The summed E-state index contributed by atoms with van der Waals surface area (Å²) in [5, 5.41) is 16.3. The van der Waals surface area contributed by atoms with Crippen LogP contribution < -0.4 is 10.5 Å². The first kappa shape index (κ1) is 13.7. The molecule has 0 amide bonds. The lowest BCUT2D eigenvalue weighted by Crippen LogP contribution is -2.23. The van der Waals surface area contributed by atoms with E-state index in [9.17, 15) is 13.2 Å². The van der Waals surface area contributed by atoms with Gasteiger partial charge in [-0.1, -0.05) is 11.6 Å². The summed E-state index contributed by atoms with van der Waals surface area (Å²) in [6.07, 6.45) is 0. The Labute approximate surface area is 103 Å². The van der Waals surface area contributed by atoms with Gasteiger partial charge in [-0.05, 0) is 12.1 Å². The quantitative estimate of drug-likeness (QED) is 0.659. The van der Waals surface area contributed by atoms with E-state index in [2.05, 4.69) is 10.3 Å². The number of hydrogen-bond acceptors (Lipinski definition) is 5. The topological polar surface area (TPSA) is 122 Å². The maximum Gasteiger partial charge on any atom is 0.339 e. The summed E-state index contributed by atoms with van der Waals surface area (Å²) in [6.45, 7) is -0.0492. The van der Waals surface area contributed by atoms with Gasteiger partial charge in [-0.3, -0.25) is 0 Å². The first-order valence-corrected chi connectivity index (χ1v) is 6.53. The molecule has 17 heavy (non-hydrogen) atoms. The van der Waals surface area contributed by atoms with E-state index in [1.165, 1.54) is 12.1 Å². The van der Waals surface area contributed by atoms with Crippen LogP contribution in [0.5, 0.6) is 0 Å². The van der Waals surface area contributed by atoms with Crippen LogP contribution in [0.2, 0.25) is 5.15 Å². The fraction of sp³-hybridized carbons (Fsp3) is 0.250. The molecule has 1 rings (SSSR count). The lowest BCUT2D eigenvalue weighted by molar-refractivity contribution is 0.0697. The molecule has 0 fully saturated rings. The summed E-state index contributed by atoms with van der Waals surface area (Å²) in [7, 11) is -3.61. The van der Waals surface area contributed by atoms with Crippen molar-refractivity contribution >= 4 is 33.4 Å². The van der Waals surface area contributed by atoms with Crippen molar-refractivity contribution < 1.29 is 18.3 Å². The van der Waals surface area contributed by atoms with Crippen molar-refractivity contribution in [2.75, 3.05) is 17.6 Å². The molecule has 1 aromatic heterocycles. The highest BCUT2D eigenvalue weighted by molar-refractivity contribution is 7.89. The van der Waals surface area contributed by atoms with E-state index in [0.717, 1.165) is 0 Å². The summed E-state index contributed by atoms with van der Waals surface area (Å²) < 4.78 is 21.4. The van der Waals surface area contributed by atoms with Crippen molar-refractivity contribution in [3.63, 3.8) is 0 Å². The normalized spacial score (nSPS) is 11.2. The summed E-state index contributed by atoms with van der Waals surface area (Å²) in [5.74, 6) is -1.51. The zero-order chi connectivity index (χ0) is 13.1. The van der Waals surface area contributed by atoms with E-state index in [0.29, 0.717) is 0 Å². The highest BCUT2D eigenvalue weighted by atomic mass is 35.5. The molecule has 0 unspecified atom stereocenters. The Bertz CT molecular complexity index is 532. The predicted octanol–water partition coefficient (Wildman–Crippen LogP) is 0.134. The third-order valence-corrected chi connectivity index (χ3v) is 2.75. The van der Waals surface area contributed by atoms with Crippen molar-refractivity contribution in [1.29, 1.82) is 0 Å². The van der Waals surface area contributed by atoms with Crippen molar-refractivity contribution in [3.8, 4) is 0 Å². The van der Waals surface area contributed by atoms with Crippen LogP contribution in [0.1, 0.15) is 10.4 Å². The molecule has 0 aliphatic heterocycles. The van der Waals surface area contributed by atoms with Crippen LogP contribution in [-0.4, -0.2) is 36.8 Å². The summed E-state index contributed by atoms with van der Waals surface area (Å²) in [5.41, 5.74) is -0.0937. The molecule has 4 N–H and O–H groups in total. The van der Waals surface area contributed by atoms with Gasteiger partial charge in [0.2, 0.25) is 10.0 Å². The van der Waals surface area contributed by atoms with E-state index in [1.807, 2.05) is 0 Å². The Kier molecular flexibility index (Phi) is 4.27. The number of rotatable bonds is 5. The van der Waals surface area contributed by atoms with Gasteiger partial charge in [0, 0.05) is 6.54 Å².